The smallest absolute Gasteiger partial charge is 0.214 e. The van der Waals surface area contributed by atoms with Crippen LogP contribution in [0.15, 0.2) is 27.6 Å². The van der Waals surface area contributed by atoms with Crippen LogP contribution in [-0.4, -0.2) is 25.1 Å². The molecule has 8 heteroatoms. The molecule has 6 nitrogen and oxygen atoms in total. The van der Waals surface area contributed by atoms with Crippen LogP contribution in [-0.2, 0) is 13.1 Å². The van der Waals surface area contributed by atoms with Crippen LogP contribution in [0.3, 0.4) is 0 Å². The highest BCUT2D eigenvalue weighted by Crippen LogP contribution is 2.17. The summed E-state index contributed by atoms with van der Waals surface area (Å²) in [5.74, 6) is 1.82. The van der Waals surface area contributed by atoms with E-state index in [4.69, 9.17) is 9.15 Å². The minimum absolute atomic E-state index is 0. The average molecular weight is 448 g/mol. The van der Waals surface area contributed by atoms with Gasteiger partial charge in [0.25, 0.3) is 0 Å². The van der Waals surface area contributed by atoms with E-state index in [2.05, 4.69) is 20.6 Å². The lowest BCUT2D eigenvalue weighted by Gasteiger charge is -2.11. The molecule has 0 aliphatic heterocycles. The van der Waals surface area contributed by atoms with Crippen LogP contribution in [0.2, 0.25) is 0 Å². The second kappa shape index (κ2) is 9.45. The second-order valence-corrected chi connectivity index (χ2v) is 5.00. The minimum Gasteiger partial charge on any atom is -0.494 e. The molecule has 2 aromatic rings. The van der Waals surface area contributed by atoms with Crippen LogP contribution in [0.25, 0.3) is 0 Å². The van der Waals surface area contributed by atoms with E-state index >= 15 is 0 Å². The zero-order valence-electron chi connectivity index (χ0n) is 14.1. The molecule has 0 aliphatic carbocycles. The summed E-state index contributed by atoms with van der Waals surface area (Å²) in [5, 5.41) is 6.20. The maximum atomic E-state index is 13.6. The Morgan fingerprint density at radius 2 is 2.00 bits per heavy atom. The summed E-state index contributed by atoms with van der Waals surface area (Å²) in [5.41, 5.74) is 1.66. The molecule has 0 saturated carbocycles. The van der Waals surface area contributed by atoms with Crippen molar-refractivity contribution in [2.75, 3.05) is 14.2 Å². The molecule has 1 heterocycles. The first kappa shape index (κ1) is 20.2. The topological polar surface area (TPSA) is 71.7 Å². The number of oxazole rings is 1. The first-order valence-electron chi connectivity index (χ1n) is 7.23. The van der Waals surface area contributed by atoms with Crippen molar-refractivity contribution in [1.29, 1.82) is 0 Å². The number of hydrogen-bond acceptors (Lipinski definition) is 4. The monoisotopic (exact) mass is 448 g/mol. The van der Waals surface area contributed by atoms with Gasteiger partial charge in [0.15, 0.2) is 17.5 Å². The average Bonchev–Trinajstić information content (AvgIpc) is 2.86. The Kier molecular flexibility index (Phi) is 7.96. The van der Waals surface area contributed by atoms with Crippen molar-refractivity contribution in [1.82, 2.24) is 15.6 Å². The van der Waals surface area contributed by atoms with Crippen LogP contribution in [0, 0.1) is 19.7 Å². The number of guanidine groups is 1. The molecule has 132 valence electrons. The summed E-state index contributed by atoms with van der Waals surface area (Å²) >= 11 is 0. The summed E-state index contributed by atoms with van der Waals surface area (Å²) in [4.78, 5) is 8.40. The number of aromatic nitrogens is 1. The molecule has 2 rings (SSSR count). The molecule has 2 N–H and O–H groups in total. The highest BCUT2D eigenvalue weighted by atomic mass is 127. The fraction of sp³-hybridized carbons (Fsp3) is 0.375. The first-order chi connectivity index (χ1) is 11.0. The molecule has 0 aliphatic rings. The third-order valence-electron chi connectivity index (χ3n) is 3.38. The molecule has 1 aromatic heterocycles. The molecule has 0 fully saturated rings. The summed E-state index contributed by atoms with van der Waals surface area (Å²) in [6.45, 7) is 4.63. The number of nitrogens with one attached hydrogen (secondary N) is 2. The third-order valence-corrected chi connectivity index (χ3v) is 3.38. The quantitative estimate of drug-likeness (QED) is 0.418. The van der Waals surface area contributed by atoms with Crippen molar-refractivity contribution < 1.29 is 13.5 Å². The lowest BCUT2D eigenvalue weighted by molar-refractivity contribution is 0.386. The van der Waals surface area contributed by atoms with Crippen molar-refractivity contribution in [3.63, 3.8) is 0 Å². The summed E-state index contributed by atoms with van der Waals surface area (Å²) < 4.78 is 24.0. The number of benzene rings is 1. The van der Waals surface area contributed by atoms with Crippen molar-refractivity contribution in [2.24, 2.45) is 4.99 Å². The number of methoxy groups -OCH3 is 1. The summed E-state index contributed by atoms with van der Waals surface area (Å²) in [7, 11) is 3.10. The largest absolute Gasteiger partial charge is 0.494 e. The standard InChI is InChI=1S/C16H21FN4O2.HI/c1-10-11(2)23-15(21-10)9-20-16(18-3)19-8-12-5-6-14(22-4)13(17)7-12;/h5-7H,8-9H2,1-4H3,(H2,18,19,20);1H. The predicted octanol–water partition coefficient (Wildman–Crippen LogP) is 2.92. The van der Waals surface area contributed by atoms with Gasteiger partial charge in [0.2, 0.25) is 5.89 Å². The number of nitrogens with zero attached hydrogens (tertiary/aromatic N) is 2. The number of aliphatic imine (C=N–C) groups is 1. The highest BCUT2D eigenvalue weighted by molar-refractivity contribution is 14.0. The van der Waals surface area contributed by atoms with Crippen molar-refractivity contribution in [3.8, 4) is 5.75 Å². The van der Waals surface area contributed by atoms with E-state index in [0.717, 1.165) is 17.0 Å². The van der Waals surface area contributed by atoms with E-state index in [0.29, 0.717) is 24.9 Å². The number of rotatable bonds is 5. The van der Waals surface area contributed by atoms with E-state index in [1.54, 1.807) is 19.2 Å². The molecule has 0 atom stereocenters. The van der Waals surface area contributed by atoms with Crippen molar-refractivity contribution >= 4 is 29.9 Å². The van der Waals surface area contributed by atoms with Gasteiger partial charge in [-0.3, -0.25) is 4.99 Å². The Morgan fingerprint density at radius 1 is 1.29 bits per heavy atom. The van der Waals surface area contributed by atoms with Gasteiger partial charge in [-0.2, -0.15) is 0 Å². The van der Waals surface area contributed by atoms with Crippen LogP contribution in [0.1, 0.15) is 22.9 Å². The van der Waals surface area contributed by atoms with Crippen LogP contribution < -0.4 is 15.4 Å². The molecular formula is C16H22FIN4O2. The van der Waals surface area contributed by atoms with Crippen molar-refractivity contribution in [3.05, 3.63) is 46.9 Å². The zero-order valence-corrected chi connectivity index (χ0v) is 16.5. The van der Waals surface area contributed by atoms with Gasteiger partial charge < -0.3 is 19.8 Å². The third kappa shape index (κ3) is 5.36. The fourth-order valence-corrected chi connectivity index (χ4v) is 2.00. The fourth-order valence-electron chi connectivity index (χ4n) is 2.00. The van der Waals surface area contributed by atoms with Crippen LogP contribution in [0.5, 0.6) is 5.75 Å². The highest BCUT2D eigenvalue weighted by Gasteiger charge is 2.07. The molecule has 0 bridgehead atoms. The Bertz CT molecular complexity index is 684. The maximum absolute atomic E-state index is 13.6. The normalized spacial score (nSPS) is 11.0. The molecule has 0 saturated heterocycles. The zero-order chi connectivity index (χ0) is 16.8. The van der Waals surface area contributed by atoms with E-state index in [9.17, 15) is 4.39 Å². The van der Waals surface area contributed by atoms with Gasteiger partial charge in [-0.15, -0.1) is 24.0 Å². The Hall–Kier alpha value is -1.84. The van der Waals surface area contributed by atoms with Gasteiger partial charge in [-0.1, -0.05) is 6.07 Å². The molecule has 1 aromatic carbocycles. The molecule has 0 spiro atoms. The lowest BCUT2D eigenvalue weighted by atomic mass is 10.2. The molecule has 24 heavy (non-hydrogen) atoms. The maximum Gasteiger partial charge on any atom is 0.214 e. The Morgan fingerprint density at radius 3 is 2.54 bits per heavy atom. The van der Waals surface area contributed by atoms with Gasteiger partial charge in [-0.25, -0.2) is 9.37 Å². The second-order valence-electron chi connectivity index (χ2n) is 5.00. The molecule has 0 radical (unpaired) electrons. The molecular weight excluding hydrogens is 426 g/mol. The molecule has 0 unspecified atom stereocenters. The number of halogens is 2. The number of aryl methyl sites for hydroxylation is 2. The molecule has 0 amide bonds. The van der Waals surface area contributed by atoms with Gasteiger partial charge in [0.1, 0.15) is 5.76 Å². The van der Waals surface area contributed by atoms with E-state index < -0.39 is 0 Å². The van der Waals surface area contributed by atoms with E-state index in [1.807, 2.05) is 13.8 Å². The van der Waals surface area contributed by atoms with Crippen molar-refractivity contribution in [2.45, 2.75) is 26.9 Å². The Balaban J connectivity index is 0.00000288. The Labute approximate surface area is 157 Å². The van der Waals surface area contributed by atoms with E-state index in [1.165, 1.54) is 13.2 Å². The van der Waals surface area contributed by atoms with Gasteiger partial charge in [-0.05, 0) is 31.5 Å². The number of ether oxygens (including phenoxy) is 1. The minimum atomic E-state index is -0.388. The van der Waals surface area contributed by atoms with Crippen LogP contribution >= 0.6 is 24.0 Å². The van der Waals surface area contributed by atoms with Gasteiger partial charge >= 0.3 is 0 Å². The number of hydrogen-bond donors (Lipinski definition) is 2. The van der Waals surface area contributed by atoms with Gasteiger partial charge in [0, 0.05) is 13.6 Å². The van der Waals surface area contributed by atoms with Gasteiger partial charge in [0.05, 0.1) is 19.3 Å². The predicted molar refractivity (Wildman–Crippen MR) is 101 cm³/mol. The lowest BCUT2D eigenvalue weighted by Crippen LogP contribution is -2.36. The summed E-state index contributed by atoms with van der Waals surface area (Å²) in [6.07, 6.45) is 0. The van der Waals surface area contributed by atoms with Crippen LogP contribution in [0.4, 0.5) is 4.39 Å². The summed E-state index contributed by atoms with van der Waals surface area (Å²) in [6, 6.07) is 4.82. The first-order valence-corrected chi connectivity index (χ1v) is 7.23. The van der Waals surface area contributed by atoms with E-state index in [-0.39, 0.29) is 35.5 Å². The SMILES string of the molecule is CN=C(NCc1ccc(OC)c(F)c1)NCc1nc(C)c(C)o1.I.